The minimum atomic E-state index is -0.754. The van der Waals surface area contributed by atoms with Crippen LogP contribution in [0.25, 0.3) is 0 Å². The standard InChI is InChI=1S/C12H10BrN5O4/c1-7(19)8-3-2-4-9(5-8)14-10(20)6-17-11(13)15-12(16-17)18(21)22/h2-5H,6H2,1H3,(H,14,20). The summed E-state index contributed by atoms with van der Waals surface area (Å²) in [5, 5.41) is 16.7. The summed E-state index contributed by atoms with van der Waals surface area (Å²) < 4.78 is 1.13. The van der Waals surface area contributed by atoms with Crippen molar-refractivity contribution in [2.24, 2.45) is 0 Å². The van der Waals surface area contributed by atoms with Crippen LogP contribution in [-0.4, -0.2) is 31.4 Å². The predicted octanol–water partition coefficient (Wildman–Crippen LogP) is 1.79. The molecule has 2 aromatic rings. The number of anilines is 1. The van der Waals surface area contributed by atoms with Gasteiger partial charge in [0, 0.05) is 32.3 Å². The lowest BCUT2D eigenvalue weighted by Gasteiger charge is -2.05. The molecule has 0 atom stereocenters. The molecule has 114 valence electrons. The highest BCUT2D eigenvalue weighted by Gasteiger charge is 2.21. The third-order valence-electron chi connectivity index (χ3n) is 2.62. The van der Waals surface area contributed by atoms with Gasteiger partial charge in [0.05, 0.1) is 0 Å². The SMILES string of the molecule is CC(=O)c1cccc(NC(=O)Cn2nc([N+](=O)[O-])nc2Br)c1. The number of nitrogens with one attached hydrogen (secondary N) is 1. The number of benzene rings is 1. The van der Waals surface area contributed by atoms with E-state index in [1.54, 1.807) is 24.3 Å². The summed E-state index contributed by atoms with van der Waals surface area (Å²) in [6, 6.07) is 6.44. The maximum Gasteiger partial charge on any atom is 0.492 e. The second kappa shape index (κ2) is 6.43. The first-order chi connectivity index (χ1) is 10.4. The Balaban J connectivity index is 2.09. The summed E-state index contributed by atoms with van der Waals surface area (Å²) >= 11 is 2.99. The molecule has 0 bridgehead atoms. The lowest BCUT2D eigenvalue weighted by molar-refractivity contribution is -0.394. The van der Waals surface area contributed by atoms with Crippen molar-refractivity contribution in [1.29, 1.82) is 0 Å². The Kier molecular flexibility index (Phi) is 4.61. The van der Waals surface area contributed by atoms with Crippen LogP contribution in [0.15, 0.2) is 29.0 Å². The van der Waals surface area contributed by atoms with E-state index in [0.717, 1.165) is 4.68 Å². The number of carbonyl (C=O) groups excluding carboxylic acids is 2. The monoisotopic (exact) mass is 367 g/mol. The number of aromatic nitrogens is 3. The summed E-state index contributed by atoms with van der Waals surface area (Å²) in [7, 11) is 0. The third kappa shape index (κ3) is 3.73. The van der Waals surface area contributed by atoms with E-state index in [4.69, 9.17) is 0 Å². The number of Topliss-reactive ketones (excluding diaryl/α,β-unsaturated/α-hetero) is 1. The highest BCUT2D eigenvalue weighted by molar-refractivity contribution is 9.10. The molecule has 0 saturated heterocycles. The highest BCUT2D eigenvalue weighted by atomic mass is 79.9. The number of carbonyl (C=O) groups is 2. The maximum absolute atomic E-state index is 11.9. The molecule has 1 aromatic heterocycles. The van der Waals surface area contributed by atoms with Crippen molar-refractivity contribution in [3.8, 4) is 0 Å². The molecule has 2 rings (SSSR count). The summed E-state index contributed by atoms with van der Waals surface area (Å²) in [5.41, 5.74) is 0.916. The van der Waals surface area contributed by atoms with E-state index in [1.165, 1.54) is 6.92 Å². The number of amides is 1. The Morgan fingerprint density at radius 3 is 2.77 bits per heavy atom. The van der Waals surface area contributed by atoms with Gasteiger partial charge >= 0.3 is 5.95 Å². The average Bonchev–Trinajstić information content (AvgIpc) is 2.80. The molecular weight excluding hydrogens is 358 g/mol. The summed E-state index contributed by atoms with van der Waals surface area (Å²) in [6.45, 7) is 1.16. The van der Waals surface area contributed by atoms with Crippen LogP contribution in [0.1, 0.15) is 17.3 Å². The van der Waals surface area contributed by atoms with Gasteiger partial charge < -0.3 is 15.4 Å². The van der Waals surface area contributed by atoms with E-state index in [0.29, 0.717) is 11.3 Å². The van der Waals surface area contributed by atoms with E-state index >= 15 is 0 Å². The van der Waals surface area contributed by atoms with Gasteiger partial charge in [-0.3, -0.25) is 9.59 Å². The average molecular weight is 368 g/mol. The summed E-state index contributed by atoms with van der Waals surface area (Å²) in [6.07, 6.45) is 0. The van der Waals surface area contributed by atoms with E-state index < -0.39 is 16.8 Å². The van der Waals surface area contributed by atoms with Crippen molar-refractivity contribution in [2.45, 2.75) is 13.5 Å². The van der Waals surface area contributed by atoms with Crippen LogP contribution in [0.2, 0.25) is 0 Å². The molecule has 1 amide bonds. The molecule has 1 aromatic carbocycles. The first-order valence-electron chi connectivity index (χ1n) is 6.02. The van der Waals surface area contributed by atoms with Gasteiger partial charge in [0.2, 0.25) is 5.91 Å². The fourth-order valence-corrected chi connectivity index (χ4v) is 2.01. The fourth-order valence-electron chi connectivity index (χ4n) is 1.64. The lowest BCUT2D eigenvalue weighted by Crippen LogP contribution is -2.20. The molecule has 9 nitrogen and oxygen atoms in total. The molecule has 22 heavy (non-hydrogen) atoms. The van der Waals surface area contributed by atoms with Crippen molar-refractivity contribution in [1.82, 2.24) is 14.8 Å². The number of nitrogens with zero attached hydrogens (tertiary/aromatic N) is 4. The molecule has 0 saturated carbocycles. The summed E-state index contributed by atoms with van der Waals surface area (Å²) in [5.74, 6) is -1.18. The first kappa shape index (κ1) is 15.8. The zero-order valence-electron chi connectivity index (χ0n) is 11.3. The predicted molar refractivity (Wildman–Crippen MR) is 79.5 cm³/mol. The van der Waals surface area contributed by atoms with Gasteiger partial charge in [-0.05, 0) is 29.0 Å². The van der Waals surface area contributed by atoms with Crippen LogP contribution in [0.3, 0.4) is 0 Å². The number of hydrogen-bond donors (Lipinski definition) is 1. The molecule has 0 fully saturated rings. The summed E-state index contributed by atoms with van der Waals surface area (Å²) in [4.78, 5) is 36.6. The molecule has 0 spiro atoms. The van der Waals surface area contributed by atoms with Gasteiger partial charge in [-0.1, -0.05) is 12.1 Å². The van der Waals surface area contributed by atoms with Gasteiger partial charge in [0.25, 0.3) is 4.73 Å². The molecule has 0 aliphatic rings. The minimum Gasteiger partial charge on any atom is -0.390 e. The molecule has 0 aliphatic carbocycles. The Hall–Kier alpha value is -2.62. The van der Waals surface area contributed by atoms with Gasteiger partial charge in [-0.2, -0.15) is 4.68 Å². The number of ketones is 1. The zero-order chi connectivity index (χ0) is 16.3. The molecule has 1 N–H and O–H groups in total. The third-order valence-corrected chi connectivity index (χ3v) is 3.21. The quantitative estimate of drug-likeness (QED) is 0.488. The van der Waals surface area contributed by atoms with Crippen molar-refractivity contribution in [2.75, 3.05) is 5.32 Å². The van der Waals surface area contributed by atoms with E-state index in [-0.39, 0.29) is 17.1 Å². The van der Waals surface area contributed by atoms with Gasteiger partial charge in [-0.15, -0.1) is 0 Å². The maximum atomic E-state index is 11.9. The van der Waals surface area contributed by atoms with Crippen molar-refractivity contribution in [3.05, 3.63) is 44.7 Å². The second-order valence-electron chi connectivity index (χ2n) is 4.28. The van der Waals surface area contributed by atoms with Crippen molar-refractivity contribution >= 4 is 39.3 Å². The second-order valence-corrected chi connectivity index (χ2v) is 4.99. The van der Waals surface area contributed by atoms with Gasteiger partial charge in [0.1, 0.15) is 6.54 Å². The zero-order valence-corrected chi connectivity index (χ0v) is 12.9. The Bertz CT molecular complexity index is 758. The van der Waals surface area contributed by atoms with E-state index in [1.807, 2.05) is 0 Å². The van der Waals surface area contributed by atoms with Crippen LogP contribution in [-0.2, 0) is 11.3 Å². The Morgan fingerprint density at radius 1 is 1.45 bits per heavy atom. The van der Waals surface area contributed by atoms with Crippen molar-refractivity contribution < 1.29 is 14.5 Å². The number of rotatable bonds is 5. The molecule has 1 heterocycles. The molecular formula is C12H10BrN5O4. The first-order valence-corrected chi connectivity index (χ1v) is 6.81. The van der Waals surface area contributed by atoms with Crippen LogP contribution in [0, 0.1) is 10.1 Å². The van der Waals surface area contributed by atoms with Gasteiger partial charge in [0.15, 0.2) is 5.78 Å². The Morgan fingerprint density at radius 2 is 2.18 bits per heavy atom. The van der Waals surface area contributed by atoms with E-state index in [2.05, 4.69) is 31.3 Å². The largest absolute Gasteiger partial charge is 0.492 e. The number of halogens is 1. The van der Waals surface area contributed by atoms with Crippen LogP contribution >= 0.6 is 15.9 Å². The number of nitro groups is 1. The van der Waals surface area contributed by atoms with Crippen LogP contribution in [0.4, 0.5) is 11.6 Å². The van der Waals surface area contributed by atoms with Crippen LogP contribution in [0.5, 0.6) is 0 Å². The lowest BCUT2D eigenvalue weighted by atomic mass is 10.1. The topological polar surface area (TPSA) is 120 Å². The Labute approximate surface area is 132 Å². The highest BCUT2D eigenvalue weighted by Crippen LogP contribution is 2.14. The number of hydrogen-bond acceptors (Lipinski definition) is 6. The normalized spacial score (nSPS) is 10.3. The molecule has 10 heteroatoms. The fraction of sp³-hybridized carbons (Fsp3) is 0.167. The van der Waals surface area contributed by atoms with Crippen LogP contribution < -0.4 is 5.32 Å². The van der Waals surface area contributed by atoms with Gasteiger partial charge in [-0.25, -0.2) is 0 Å². The molecule has 0 aliphatic heterocycles. The van der Waals surface area contributed by atoms with E-state index in [9.17, 15) is 19.7 Å². The van der Waals surface area contributed by atoms with Crippen molar-refractivity contribution in [3.63, 3.8) is 0 Å². The smallest absolute Gasteiger partial charge is 0.390 e. The minimum absolute atomic E-state index is 0.0758. The molecule has 0 unspecified atom stereocenters. The molecule has 0 radical (unpaired) electrons.